The summed E-state index contributed by atoms with van der Waals surface area (Å²) in [5.41, 5.74) is 8.51. The molecule has 0 heterocycles. The van der Waals surface area contributed by atoms with E-state index >= 15 is 0 Å². The van der Waals surface area contributed by atoms with Crippen LogP contribution in [-0.2, 0) is 10.8 Å². The average Bonchev–Trinajstić information content (AvgIpc) is 2.37. The smallest absolute Gasteiger partial charge is 0.0512 e. The van der Waals surface area contributed by atoms with Crippen molar-refractivity contribution in [3.05, 3.63) is 35.4 Å². The van der Waals surface area contributed by atoms with E-state index in [0.717, 1.165) is 17.7 Å². The second-order valence-corrected chi connectivity index (χ2v) is 7.04. The maximum absolute atomic E-state index is 12.2. The van der Waals surface area contributed by atoms with Crippen molar-refractivity contribution in [2.45, 2.75) is 45.4 Å². The van der Waals surface area contributed by atoms with Crippen LogP contribution in [0.2, 0.25) is 0 Å². The second kappa shape index (κ2) is 7.05. The summed E-state index contributed by atoms with van der Waals surface area (Å²) >= 11 is 0. The molecule has 0 amide bonds. The molecule has 0 fully saturated rings. The van der Waals surface area contributed by atoms with E-state index in [0.29, 0.717) is 5.92 Å². The molecule has 0 saturated heterocycles. The van der Waals surface area contributed by atoms with Crippen molar-refractivity contribution in [3.63, 3.8) is 0 Å². The van der Waals surface area contributed by atoms with Crippen LogP contribution in [0.25, 0.3) is 0 Å². The number of nitrogens with two attached hydrogens (primary N) is 1. The molecule has 1 aromatic carbocycles. The van der Waals surface area contributed by atoms with Gasteiger partial charge in [-0.15, -0.1) is 0 Å². The first-order valence-corrected chi connectivity index (χ1v) is 8.03. The Balaban J connectivity index is 2.68. The monoisotopic (exact) mass is 267 g/mol. The summed E-state index contributed by atoms with van der Waals surface area (Å²) in [6.45, 7) is 8.32. The molecule has 0 aromatic heterocycles. The van der Waals surface area contributed by atoms with E-state index in [9.17, 15) is 4.21 Å². The minimum Gasteiger partial charge on any atom is -0.323 e. The summed E-state index contributed by atoms with van der Waals surface area (Å²) in [7, 11) is -0.856. The number of benzene rings is 1. The zero-order valence-electron chi connectivity index (χ0n) is 11.8. The molecule has 0 radical (unpaired) electrons. The fraction of sp³-hybridized carbons (Fsp3) is 0.600. The Hall–Kier alpha value is -0.670. The maximum Gasteiger partial charge on any atom is 0.0512 e. The van der Waals surface area contributed by atoms with Gasteiger partial charge in [0.15, 0.2) is 0 Å². The molecule has 0 aliphatic rings. The van der Waals surface area contributed by atoms with Gasteiger partial charge in [-0.05, 0) is 25.3 Å². The molecule has 0 aliphatic heterocycles. The highest BCUT2D eigenvalue weighted by Gasteiger charge is 2.21. The first-order valence-electron chi connectivity index (χ1n) is 6.65. The van der Waals surface area contributed by atoms with Crippen molar-refractivity contribution < 1.29 is 4.21 Å². The highest BCUT2D eigenvalue weighted by atomic mass is 32.2. The second-order valence-electron chi connectivity index (χ2n) is 5.20. The maximum atomic E-state index is 12.2. The number of hydrogen-bond donors (Lipinski definition) is 1. The zero-order valence-corrected chi connectivity index (χ0v) is 12.7. The Labute approximate surface area is 113 Å². The van der Waals surface area contributed by atoms with E-state index in [1.807, 2.05) is 19.1 Å². The normalized spacial score (nSPS) is 18.1. The van der Waals surface area contributed by atoms with E-state index in [4.69, 9.17) is 5.73 Å². The Morgan fingerprint density at radius 1 is 1.22 bits per heavy atom. The van der Waals surface area contributed by atoms with Gasteiger partial charge in [0.25, 0.3) is 0 Å². The standard InChI is InChI=1S/C15H25NOS/c1-5-11(2)10-18(17)13(4)15(16)14-8-6-12(3)7-9-14/h6-9,11,13,15H,5,10,16H2,1-4H3. The van der Waals surface area contributed by atoms with E-state index < -0.39 is 10.8 Å². The summed E-state index contributed by atoms with van der Waals surface area (Å²) in [5, 5.41) is 0.00158. The van der Waals surface area contributed by atoms with Crippen LogP contribution in [0.3, 0.4) is 0 Å². The molecule has 1 aromatic rings. The van der Waals surface area contributed by atoms with E-state index in [1.165, 1.54) is 5.56 Å². The van der Waals surface area contributed by atoms with E-state index in [1.54, 1.807) is 0 Å². The molecule has 0 saturated carbocycles. The fourth-order valence-corrected chi connectivity index (χ4v) is 3.36. The molecule has 18 heavy (non-hydrogen) atoms. The van der Waals surface area contributed by atoms with Crippen LogP contribution in [0.15, 0.2) is 24.3 Å². The van der Waals surface area contributed by atoms with Gasteiger partial charge < -0.3 is 5.73 Å². The van der Waals surface area contributed by atoms with Crippen molar-refractivity contribution in [2.75, 3.05) is 5.75 Å². The summed E-state index contributed by atoms with van der Waals surface area (Å²) in [6, 6.07) is 8.04. The van der Waals surface area contributed by atoms with Crippen LogP contribution in [0.4, 0.5) is 0 Å². The molecular formula is C15H25NOS. The van der Waals surface area contributed by atoms with Gasteiger partial charge in [-0.2, -0.15) is 0 Å². The Bertz CT molecular complexity index is 388. The Kier molecular flexibility index (Phi) is 6.03. The molecule has 0 bridgehead atoms. The van der Waals surface area contributed by atoms with Gasteiger partial charge in [0.1, 0.15) is 0 Å². The van der Waals surface area contributed by atoms with Gasteiger partial charge in [0, 0.05) is 22.6 Å². The van der Waals surface area contributed by atoms with Gasteiger partial charge >= 0.3 is 0 Å². The lowest BCUT2D eigenvalue weighted by atomic mass is 10.0. The van der Waals surface area contributed by atoms with Crippen LogP contribution < -0.4 is 5.73 Å². The third-order valence-electron chi connectivity index (χ3n) is 3.53. The first-order chi connectivity index (χ1) is 8.45. The first kappa shape index (κ1) is 15.4. The molecule has 3 heteroatoms. The third kappa shape index (κ3) is 4.21. The summed E-state index contributed by atoms with van der Waals surface area (Å²) in [5.74, 6) is 1.25. The minimum atomic E-state index is -0.856. The summed E-state index contributed by atoms with van der Waals surface area (Å²) in [4.78, 5) is 0. The Morgan fingerprint density at radius 3 is 2.28 bits per heavy atom. The van der Waals surface area contributed by atoms with Crippen molar-refractivity contribution in [3.8, 4) is 0 Å². The topological polar surface area (TPSA) is 43.1 Å². The molecular weight excluding hydrogens is 242 g/mol. The predicted molar refractivity (Wildman–Crippen MR) is 80.0 cm³/mol. The number of rotatable bonds is 6. The van der Waals surface area contributed by atoms with Gasteiger partial charge in [0.2, 0.25) is 0 Å². The van der Waals surface area contributed by atoms with Crippen LogP contribution in [0.5, 0.6) is 0 Å². The largest absolute Gasteiger partial charge is 0.323 e. The highest BCUT2D eigenvalue weighted by Crippen LogP contribution is 2.20. The van der Waals surface area contributed by atoms with Crippen LogP contribution >= 0.6 is 0 Å². The minimum absolute atomic E-state index is 0.00158. The molecule has 4 unspecified atom stereocenters. The SMILES string of the molecule is CCC(C)CS(=O)C(C)C(N)c1ccc(C)cc1. The lowest BCUT2D eigenvalue weighted by Gasteiger charge is -2.21. The molecule has 2 N–H and O–H groups in total. The van der Waals surface area contributed by atoms with Gasteiger partial charge in [0.05, 0.1) is 5.25 Å². The quantitative estimate of drug-likeness (QED) is 0.860. The molecule has 0 spiro atoms. The molecule has 1 rings (SSSR count). The molecule has 2 nitrogen and oxygen atoms in total. The summed E-state index contributed by atoms with van der Waals surface area (Å²) < 4.78 is 12.2. The van der Waals surface area contributed by atoms with Crippen molar-refractivity contribution in [1.29, 1.82) is 0 Å². The van der Waals surface area contributed by atoms with Gasteiger partial charge in [-0.3, -0.25) is 4.21 Å². The van der Waals surface area contributed by atoms with Crippen LogP contribution in [0.1, 0.15) is 44.4 Å². The van der Waals surface area contributed by atoms with Gasteiger partial charge in [-0.25, -0.2) is 0 Å². The van der Waals surface area contributed by atoms with Crippen molar-refractivity contribution in [2.24, 2.45) is 11.7 Å². The highest BCUT2D eigenvalue weighted by molar-refractivity contribution is 7.85. The van der Waals surface area contributed by atoms with E-state index in [2.05, 4.69) is 32.9 Å². The number of aryl methyl sites for hydroxylation is 1. The molecule has 102 valence electrons. The Morgan fingerprint density at radius 2 is 1.78 bits per heavy atom. The molecule has 0 aliphatic carbocycles. The van der Waals surface area contributed by atoms with Crippen molar-refractivity contribution >= 4 is 10.8 Å². The lowest BCUT2D eigenvalue weighted by Crippen LogP contribution is -2.30. The van der Waals surface area contributed by atoms with Gasteiger partial charge in [-0.1, -0.05) is 50.1 Å². The lowest BCUT2D eigenvalue weighted by molar-refractivity contribution is 0.599. The van der Waals surface area contributed by atoms with Crippen molar-refractivity contribution in [1.82, 2.24) is 0 Å². The van der Waals surface area contributed by atoms with E-state index in [-0.39, 0.29) is 11.3 Å². The predicted octanol–water partition coefficient (Wildman–Crippen LogP) is 3.18. The average molecular weight is 267 g/mol. The van der Waals surface area contributed by atoms with Crippen LogP contribution in [-0.4, -0.2) is 15.2 Å². The molecule has 4 atom stereocenters. The third-order valence-corrected chi connectivity index (χ3v) is 5.55. The zero-order chi connectivity index (χ0) is 13.7. The fourth-order valence-electron chi connectivity index (χ4n) is 1.77. The number of hydrogen-bond acceptors (Lipinski definition) is 2. The summed E-state index contributed by atoms with van der Waals surface area (Å²) in [6.07, 6.45) is 1.07. The van der Waals surface area contributed by atoms with Crippen LogP contribution in [0, 0.1) is 12.8 Å².